The standard InChI is InChI=1S/C12H23NO4/c1-5-6-10(7-17-4)13-11(14)8(2)9(3)12(15)16/h8-10H,5-7H2,1-4H3,(H,13,14)(H,15,16). The van der Waals surface area contributed by atoms with Crippen LogP contribution in [0.3, 0.4) is 0 Å². The molecule has 3 unspecified atom stereocenters. The average molecular weight is 245 g/mol. The summed E-state index contributed by atoms with van der Waals surface area (Å²) in [5.41, 5.74) is 0. The number of carbonyl (C=O) groups excluding carboxylic acids is 1. The lowest BCUT2D eigenvalue weighted by atomic mass is 9.95. The first-order valence-electron chi connectivity index (χ1n) is 5.96. The van der Waals surface area contributed by atoms with Crippen LogP contribution in [0.15, 0.2) is 0 Å². The Labute approximate surface area is 103 Å². The highest BCUT2D eigenvalue weighted by atomic mass is 16.5. The molecule has 5 heteroatoms. The minimum absolute atomic E-state index is 0.0408. The number of carboxylic acid groups (broad SMARTS) is 1. The molecule has 0 fully saturated rings. The highest BCUT2D eigenvalue weighted by Gasteiger charge is 2.26. The van der Waals surface area contributed by atoms with E-state index >= 15 is 0 Å². The summed E-state index contributed by atoms with van der Waals surface area (Å²) >= 11 is 0. The van der Waals surface area contributed by atoms with Gasteiger partial charge < -0.3 is 15.2 Å². The third-order valence-corrected chi connectivity index (χ3v) is 2.90. The van der Waals surface area contributed by atoms with Crippen molar-refractivity contribution >= 4 is 11.9 Å². The van der Waals surface area contributed by atoms with Crippen molar-refractivity contribution in [2.24, 2.45) is 11.8 Å². The molecule has 0 aromatic heterocycles. The number of hydrogen-bond acceptors (Lipinski definition) is 3. The number of hydrogen-bond donors (Lipinski definition) is 2. The van der Waals surface area contributed by atoms with Gasteiger partial charge in [-0.1, -0.05) is 27.2 Å². The van der Waals surface area contributed by atoms with Crippen molar-refractivity contribution in [1.82, 2.24) is 5.32 Å². The van der Waals surface area contributed by atoms with Gasteiger partial charge in [0, 0.05) is 13.0 Å². The molecular weight excluding hydrogens is 222 g/mol. The molecule has 0 aromatic carbocycles. The van der Waals surface area contributed by atoms with E-state index in [0.717, 1.165) is 12.8 Å². The number of amides is 1. The second-order valence-electron chi connectivity index (χ2n) is 4.37. The Balaban J connectivity index is 4.33. The summed E-state index contributed by atoms with van der Waals surface area (Å²) in [5, 5.41) is 11.7. The van der Waals surface area contributed by atoms with Crippen LogP contribution in [0, 0.1) is 11.8 Å². The maximum absolute atomic E-state index is 11.8. The zero-order valence-corrected chi connectivity index (χ0v) is 11.0. The van der Waals surface area contributed by atoms with Gasteiger partial charge in [0.15, 0.2) is 0 Å². The van der Waals surface area contributed by atoms with Crippen molar-refractivity contribution in [2.45, 2.75) is 39.7 Å². The third kappa shape index (κ3) is 5.68. The van der Waals surface area contributed by atoms with E-state index < -0.39 is 17.8 Å². The van der Waals surface area contributed by atoms with E-state index in [9.17, 15) is 9.59 Å². The maximum atomic E-state index is 11.8. The number of rotatable bonds is 8. The van der Waals surface area contributed by atoms with Crippen LogP contribution in [0.4, 0.5) is 0 Å². The van der Waals surface area contributed by atoms with Crippen LogP contribution in [0.2, 0.25) is 0 Å². The lowest BCUT2D eigenvalue weighted by molar-refractivity contribution is -0.146. The molecule has 0 saturated heterocycles. The fourth-order valence-corrected chi connectivity index (χ4v) is 1.52. The zero-order valence-electron chi connectivity index (χ0n) is 11.0. The first-order valence-corrected chi connectivity index (χ1v) is 5.96. The summed E-state index contributed by atoms with van der Waals surface area (Å²) in [5.74, 6) is -2.40. The van der Waals surface area contributed by atoms with Gasteiger partial charge in [0.2, 0.25) is 5.91 Å². The van der Waals surface area contributed by atoms with Crippen molar-refractivity contribution in [2.75, 3.05) is 13.7 Å². The van der Waals surface area contributed by atoms with Crippen LogP contribution < -0.4 is 5.32 Å². The molecule has 17 heavy (non-hydrogen) atoms. The van der Waals surface area contributed by atoms with Gasteiger partial charge >= 0.3 is 5.97 Å². The topological polar surface area (TPSA) is 75.6 Å². The van der Waals surface area contributed by atoms with Crippen LogP contribution in [-0.2, 0) is 14.3 Å². The highest BCUT2D eigenvalue weighted by molar-refractivity contribution is 5.84. The molecule has 0 aliphatic carbocycles. The van der Waals surface area contributed by atoms with E-state index in [0.29, 0.717) is 6.61 Å². The lowest BCUT2D eigenvalue weighted by Crippen LogP contribution is -2.43. The van der Waals surface area contributed by atoms with Gasteiger partial charge in [-0.05, 0) is 6.42 Å². The normalized spacial score (nSPS) is 16.0. The van der Waals surface area contributed by atoms with Gasteiger partial charge in [0.25, 0.3) is 0 Å². The fraction of sp³-hybridized carbons (Fsp3) is 0.833. The van der Waals surface area contributed by atoms with Crippen molar-refractivity contribution < 1.29 is 19.4 Å². The quantitative estimate of drug-likeness (QED) is 0.675. The van der Waals surface area contributed by atoms with Gasteiger partial charge in [0.05, 0.1) is 18.6 Å². The molecule has 0 rings (SSSR count). The molecule has 0 radical (unpaired) electrons. The summed E-state index contributed by atoms with van der Waals surface area (Å²) in [4.78, 5) is 22.6. The highest BCUT2D eigenvalue weighted by Crippen LogP contribution is 2.12. The Hall–Kier alpha value is -1.10. The smallest absolute Gasteiger partial charge is 0.307 e. The van der Waals surface area contributed by atoms with Crippen LogP contribution in [-0.4, -0.2) is 36.7 Å². The van der Waals surface area contributed by atoms with E-state index in [1.165, 1.54) is 6.92 Å². The van der Waals surface area contributed by atoms with Crippen LogP contribution in [0.1, 0.15) is 33.6 Å². The summed E-state index contributed by atoms with van der Waals surface area (Å²) in [6.07, 6.45) is 1.77. The molecule has 1 amide bonds. The Morgan fingerprint density at radius 1 is 1.29 bits per heavy atom. The first-order chi connectivity index (χ1) is 7.93. The number of carbonyl (C=O) groups is 2. The second kappa shape index (κ2) is 8.06. The van der Waals surface area contributed by atoms with Crippen LogP contribution in [0.5, 0.6) is 0 Å². The van der Waals surface area contributed by atoms with Gasteiger partial charge in [-0.15, -0.1) is 0 Å². The molecule has 0 saturated carbocycles. The Morgan fingerprint density at radius 3 is 2.29 bits per heavy atom. The lowest BCUT2D eigenvalue weighted by Gasteiger charge is -2.21. The summed E-state index contributed by atoms with van der Waals surface area (Å²) in [6.45, 7) is 5.65. The van der Waals surface area contributed by atoms with Crippen molar-refractivity contribution in [3.05, 3.63) is 0 Å². The van der Waals surface area contributed by atoms with Crippen molar-refractivity contribution in [3.63, 3.8) is 0 Å². The number of methoxy groups -OCH3 is 1. The van der Waals surface area contributed by atoms with Gasteiger partial charge in [-0.25, -0.2) is 0 Å². The predicted octanol–water partition coefficient (Wildman–Crippen LogP) is 1.27. The molecule has 100 valence electrons. The molecule has 3 atom stereocenters. The molecule has 5 nitrogen and oxygen atoms in total. The molecule has 0 aliphatic heterocycles. The molecular formula is C12H23NO4. The summed E-state index contributed by atoms with van der Waals surface area (Å²) in [6, 6.07) is -0.0408. The SMILES string of the molecule is CCCC(COC)NC(=O)C(C)C(C)C(=O)O. The van der Waals surface area contributed by atoms with Crippen LogP contribution >= 0.6 is 0 Å². The zero-order chi connectivity index (χ0) is 13.4. The van der Waals surface area contributed by atoms with Gasteiger partial charge in [0.1, 0.15) is 0 Å². The molecule has 0 bridgehead atoms. The molecule has 0 spiro atoms. The Bertz CT molecular complexity index is 249. The average Bonchev–Trinajstić information content (AvgIpc) is 2.27. The minimum atomic E-state index is -0.952. The second-order valence-corrected chi connectivity index (χ2v) is 4.37. The number of nitrogens with one attached hydrogen (secondary N) is 1. The number of aliphatic carboxylic acids is 1. The molecule has 0 aliphatic rings. The first kappa shape index (κ1) is 15.9. The summed E-state index contributed by atoms with van der Waals surface area (Å²) in [7, 11) is 1.58. The van der Waals surface area contributed by atoms with E-state index in [1.54, 1.807) is 14.0 Å². The van der Waals surface area contributed by atoms with Crippen molar-refractivity contribution in [1.29, 1.82) is 0 Å². The van der Waals surface area contributed by atoms with E-state index in [1.807, 2.05) is 6.92 Å². The fourth-order valence-electron chi connectivity index (χ4n) is 1.52. The third-order valence-electron chi connectivity index (χ3n) is 2.90. The largest absolute Gasteiger partial charge is 0.481 e. The summed E-state index contributed by atoms with van der Waals surface area (Å²) < 4.78 is 5.01. The minimum Gasteiger partial charge on any atom is -0.481 e. The van der Waals surface area contributed by atoms with Crippen LogP contribution in [0.25, 0.3) is 0 Å². The Morgan fingerprint density at radius 2 is 1.88 bits per heavy atom. The maximum Gasteiger partial charge on any atom is 0.307 e. The molecule has 0 heterocycles. The molecule has 2 N–H and O–H groups in total. The van der Waals surface area contributed by atoms with Crippen molar-refractivity contribution in [3.8, 4) is 0 Å². The van der Waals surface area contributed by atoms with Gasteiger partial charge in [-0.3, -0.25) is 9.59 Å². The van der Waals surface area contributed by atoms with Gasteiger partial charge in [-0.2, -0.15) is 0 Å². The number of carboxylic acids is 1. The number of ether oxygens (including phenoxy) is 1. The monoisotopic (exact) mass is 245 g/mol. The van der Waals surface area contributed by atoms with E-state index in [-0.39, 0.29) is 11.9 Å². The predicted molar refractivity (Wildman–Crippen MR) is 64.7 cm³/mol. The van der Waals surface area contributed by atoms with E-state index in [4.69, 9.17) is 9.84 Å². The molecule has 0 aromatic rings. The van der Waals surface area contributed by atoms with E-state index in [2.05, 4.69) is 5.32 Å². The Kier molecular flexibility index (Phi) is 7.54.